The third kappa shape index (κ3) is 3.41. The lowest BCUT2D eigenvalue weighted by atomic mass is 9.67. The number of nitrogens with one attached hydrogen (secondary N) is 1. The number of carbonyl (C=O) groups is 1. The minimum atomic E-state index is -3.58. The second-order valence-electron chi connectivity index (χ2n) is 5.22. The molecule has 0 atom stereocenters. The molecule has 0 unspecified atom stereocenters. The van der Waals surface area contributed by atoms with Gasteiger partial charge in [-0.1, -0.05) is 6.42 Å². The molecule has 1 aromatic rings. The lowest BCUT2D eigenvalue weighted by Crippen LogP contribution is -2.43. The molecule has 20 heavy (non-hydrogen) atoms. The molecule has 1 aromatic heterocycles. The Labute approximate surface area is 130 Å². The van der Waals surface area contributed by atoms with Crippen molar-refractivity contribution in [2.24, 2.45) is 5.41 Å². The van der Waals surface area contributed by atoms with Crippen LogP contribution in [0.2, 0.25) is 0 Å². The second kappa shape index (κ2) is 5.75. The van der Waals surface area contributed by atoms with Crippen LogP contribution in [0, 0.1) is 12.3 Å². The largest absolute Gasteiger partial charge is 0.481 e. The van der Waals surface area contributed by atoms with Crippen molar-refractivity contribution in [3.05, 3.63) is 14.7 Å². The fourth-order valence-corrected chi connectivity index (χ4v) is 6.01. The van der Waals surface area contributed by atoms with Gasteiger partial charge in [0.25, 0.3) is 0 Å². The van der Waals surface area contributed by atoms with E-state index >= 15 is 0 Å². The maximum absolute atomic E-state index is 12.3. The highest BCUT2D eigenvalue weighted by atomic mass is 79.9. The summed E-state index contributed by atoms with van der Waals surface area (Å²) in [4.78, 5) is 11.9. The van der Waals surface area contributed by atoms with Crippen molar-refractivity contribution < 1.29 is 18.3 Å². The first kappa shape index (κ1) is 15.9. The number of hydrogen-bond donors (Lipinski definition) is 2. The van der Waals surface area contributed by atoms with Crippen molar-refractivity contribution in [3.63, 3.8) is 0 Å². The monoisotopic (exact) mass is 381 g/mol. The summed E-state index contributed by atoms with van der Waals surface area (Å²) < 4.78 is 27.9. The van der Waals surface area contributed by atoms with Gasteiger partial charge in [0.05, 0.1) is 15.1 Å². The Balaban J connectivity index is 2.09. The zero-order valence-electron chi connectivity index (χ0n) is 11.0. The van der Waals surface area contributed by atoms with Gasteiger partial charge in [0, 0.05) is 11.4 Å². The predicted molar refractivity (Wildman–Crippen MR) is 80.5 cm³/mol. The van der Waals surface area contributed by atoms with Crippen molar-refractivity contribution in [2.45, 2.75) is 37.5 Å². The highest BCUT2D eigenvalue weighted by molar-refractivity contribution is 9.11. The molecule has 1 saturated carbocycles. The van der Waals surface area contributed by atoms with E-state index in [1.165, 1.54) is 11.3 Å². The summed E-state index contributed by atoms with van der Waals surface area (Å²) in [7, 11) is -3.58. The number of aliphatic carboxylic acids is 1. The van der Waals surface area contributed by atoms with Crippen LogP contribution >= 0.6 is 27.3 Å². The molecule has 1 heterocycles. The summed E-state index contributed by atoms with van der Waals surface area (Å²) in [6, 6.07) is 1.58. The molecular weight excluding hydrogens is 366 g/mol. The van der Waals surface area contributed by atoms with Gasteiger partial charge in [-0.15, -0.1) is 11.3 Å². The van der Waals surface area contributed by atoms with E-state index in [9.17, 15) is 13.2 Å². The number of rotatable bonds is 6. The topological polar surface area (TPSA) is 83.5 Å². The SMILES string of the molecule is Cc1sc(Br)cc1S(=O)(=O)NCC1(CC(=O)O)CCC1. The van der Waals surface area contributed by atoms with Crippen LogP contribution in [0.1, 0.15) is 30.6 Å². The predicted octanol–water partition coefficient (Wildman–Crippen LogP) is 2.74. The fraction of sp³-hybridized carbons (Fsp3) is 0.583. The van der Waals surface area contributed by atoms with Gasteiger partial charge in [0.15, 0.2) is 0 Å². The number of sulfonamides is 1. The van der Waals surface area contributed by atoms with E-state index in [-0.39, 0.29) is 17.9 Å². The van der Waals surface area contributed by atoms with Gasteiger partial charge in [-0.05, 0) is 47.2 Å². The van der Waals surface area contributed by atoms with Crippen LogP contribution in [0.5, 0.6) is 0 Å². The Morgan fingerprint density at radius 2 is 2.20 bits per heavy atom. The summed E-state index contributed by atoms with van der Waals surface area (Å²) in [6.45, 7) is 1.94. The van der Waals surface area contributed by atoms with E-state index in [0.717, 1.165) is 23.0 Å². The van der Waals surface area contributed by atoms with Crippen LogP contribution in [0.15, 0.2) is 14.7 Å². The summed E-state index contributed by atoms with van der Waals surface area (Å²) in [6.07, 6.45) is 2.49. The zero-order valence-corrected chi connectivity index (χ0v) is 14.2. The van der Waals surface area contributed by atoms with Crippen LogP contribution in [0.4, 0.5) is 0 Å². The van der Waals surface area contributed by atoms with E-state index in [1.807, 2.05) is 0 Å². The molecule has 1 fully saturated rings. The van der Waals surface area contributed by atoms with Crippen LogP contribution < -0.4 is 4.72 Å². The third-order valence-corrected chi connectivity index (χ3v) is 6.92. The number of halogens is 1. The maximum atomic E-state index is 12.3. The van der Waals surface area contributed by atoms with Gasteiger partial charge < -0.3 is 5.11 Å². The average Bonchev–Trinajstić information content (AvgIpc) is 2.62. The molecule has 1 aliphatic rings. The Hall–Kier alpha value is -0.440. The second-order valence-corrected chi connectivity index (χ2v) is 9.59. The third-order valence-electron chi connectivity index (χ3n) is 3.71. The summed E-state index contributed by atoms with van der Waals surface area (Å²) >= 11 is 4.64. The molecule has 0 saturated heterocycles. The summed E-state index contributed by atoms with van der Waals surface area (Å²) in [5.74, 6) is -0.877. The van der Waals surface area contributed by atoms with Crippen molar-refractivity contribution in [1.82, 2.24) is 4.72 Å². The lowest BCUT2D eigenvalue weighted by molar-refractivity contribution is -0.141. The average molecular weight is 382 g/mol. The van der Waals surface area contributed by atoms with Crippen molar-refractivity contribution in [1.29, 1.82) is 0 Å². The molecular formula is C12H16BrNO4S2. The first-order chi connectivity index (χ1) is 9.24. The normalized spacial score (nSPS) is 17.7. The molecule has 112 valence electrons. The van der Waals surface area contributed by atoms with Crippen LogP contribution in [-0.2, 0) is 14.8 Å². The minimum absolute atomic E-state index is 0.0157. The fourth-order valence-electron chi connectivity index (χ4n) is 2.44. The van der Waals surface area contributed by atoms with Crippen molar-refractivity contribution in [3.8, 4) is 0 Å². The quantitative estimate of drug-likeness (QED) is 0.793. The molecule has 5 nitrogen and oxygen atoms in total. The molecule has 8 heteroatoms. The van der Waals surface area contributed by atoms with E-state index in [0.29, 0.717) is 4.88 Å². The van der Waals surface area contributed by atoms with Crippen LogP contribution in [0.3, 0.4) is 0 Å². The molecule has 0 amide bonds. The molecule has 1 aliphatic carbocycles. The van der Waals surface area contributed by atoms with Crippen LogP contribution in [0.25, 0.3) is 0 Å². The number of hydrogen-bond acceptors (Lipinski definition) is 4. The van der Waals surface area contributed by atoms with E-state index < -0.39 is 21.4 Å². The Bertz CT molecular complexity index is 619. The molecule has 0 aromatic carbocycles. The number of carboxylic acids is 1. The molecule has 0 radical (unpaired) electrons. The molecule has 2 N–H and O–H groups in total. The van der Waals surface area contributed by atoms with E-state index in [1.54, 1.807) is 13.0 Å². The first-order valence-corrected chi connectivity index (χ1v) is 9.31. The number of carboxylic acid groups (broad SMARTS) is 1. The van der Waals surface area contributed by atoms with Crippen LogP contribution in [-0.4, -0.2) is 26.0 Å². The van der Waals surface area contributed by atoms with Gasteiger partial charge in [-0.25, -0.2) is 13.1 Å². The number of aryl methyl sites for hydroxylation is 1. The van der Waals surface area contributed by atoms with Gasteiger partial charge in [-0.2, -0.15) is 0 Å². The maximum Gasteiger partial charge on any atom is 0.303 e. The molecule has 0 bridgehead atoms. The molecule has 0 spiro atoms. The first-order valence-electron chi connectivity index (χ1n) is 6.22. The van der Waals surface area contributed by atoms with Crippen molar-refractivity contribution in [2.75, 3.05) is 6.54 Å². The lowest BCUT2D eigenvalue weighted by Gasteiger charge is -2.40. The number of thiophene rings is 1. The smallest absolute Gasteiger partial charge is 0.303 e. The Kier molecular flexibility index (Phi) is 4.58. The molecule has 0 aliphatic heterocycles. The minimum Gasteiger partial charge on any atom is -0.481 e. The Morgan fingerprint density at radius 1 is 1.55 bits per heavy atom. The highest BCUT2D eigenvalue weighted by Gasteiger charge is 2.40. The molecule has 2 rings (SSSR count). The Morgan fingerprint density at radius 3 is 2.60 bits per heavy atom. The highest BCUT2D eigenvalue weighted by Crippen LogP contribution is 2.43. The van der Waals surface area contributed by atoms with Gasteiger partial charge >= 0.3 is 5.97 Å². The zero-order chi connectivity index (χ0) is 15.0. The van der Waals surface area contributed by atoms with Gasteiger partial charge in [0.1, 0.15) is 0 Å². The standard InChI is InChI=1S/C12H16BrNO4S2/c1-8-9(5-10(13)19-8)20(17,18)14-7-12(3-2-4-12)6-11(15)16/h5,14H,2-4,6-7H2,1H3,(H,15,16). The van der Waals surface area contributed by atoms with Gasteiger partial charge in [0.2, 0.25) is 10.0 Å². The van der Waals surface area contributed by atoms with E-state index in [4.69, 9.17) is 5.11 Å². The van der Waals surface area contributed by atoms with Gasteiger partial charge in [-0.3, -0.25) is 4.79 Å². The summed E-state index contributed by atoms with van der Waals surface area (Å²) in [5.41, 5.74) is -0.417. The van der Waals surface area contributed by atoms with Crippen molar-refractivity contribution >= 4 is 43.3 Å². The van der Waals surface area contributed by atoms with E-state index in [2.05, 4.69) is 20.7 Å². The summed E-state index contributed by atoms with van der Waals surface area (Å²) in [5, 5.41) is 8.93.